The second-order valence-corrected chi connectivity index (χ2v) is 8.92. The van der Waals surface area contributed by atoms with Gasteiger partial charge in [0.15, 0.2) is 0 Å². The van der Waals surface area contributed by atoms with Gasteiger partial charge in [0.2, 0.25) is 12.2 Å². The number of nitrogens with zero attached hydrogens (tertiary/aromatic N) is 2. The van der Waals surface area contributed by atoms with Gasteiger partial charge in [-0.05, 0) is 50.7 Å². The molecule has 4 N–H and O–H groups in total. The summed E-state index contributed by atoms with van der Waals surface area (Å²) < 4.78 is 13.3. The summed E-state index contributed by atoms with van der Waals surface area (Å²) in [5, 5.41) is 44.5. The Balaban J connectivity index is 1.59. The van der Waals surface area contributed by atoms with E-state index >= 15 is 0 Å². The average molecular weight is 433 g/mol. The zero-order valence-corrected chi connectivity index (χ0v) is 18.2. The summed E-state index contributed by atoms with van der Waals surface area (Å²) in [6.07, 6.45) is -3.59. The third kappa shape index (κ3) is 4.49. The normalized spacial score (nSPS) is 28.8. The van der Waals surface area contributed by atoms with Crippen LogP contribution in [-0.2, 0) is 11.2 Å². The predicted molar refractivity (Wildman–Crippen MR) is 113 cm³/mol. The molecular formula is C23H32N2O6. The van der Waals surface area contributed by atoms with E-state index in [4.69, 9.17) is 9.47 Å². The first-order valence-electron chi connectivity index (χ1n) is 10.9. The molecule has 2 aromatic rings. The highest BCUT2D eigenvalue weighted by Gasteiger charge is 2.45. The molecule has 1 saturated heterocycles. The molecule has 1 aliphatic carbocycles. The predicted octanol–water partition coefficient (Wildman–Crippen LogP) is 1.42. The van der Waals surface area contributed by atoms with Crippen LogP contribution in [0.15, 0.2) is 24.3 Å². The van der Waals surface area contributed by atoms with E-state index in [1.54, 1.807) is 0 Å². The van der Waals surface area contributed by atoms with Gasteiger partial charge in [-0.2, -0.15) is 0 Å². The first kappa shape index (κ1) is 22.2. The molecule has 4 rings (SSSR count). The van der Waals surface area contributed by atoms with Crippen LogP contribution in [0.1, 0.15) is 61.0 Å². The molecule has 31 heavy (non-hydrogen) atoms. The second kappa shape index (κ2) is 8.88. The lowest BCUT2D eigenvalue weighted by Gasteiger charge is -2.39. The van der Waals surface area contributed by atoms with Gasteiger partial charge in [-0.15, -0.1) is 5.10 Å². The number of aliphatic hydroxyl groups is 4. The molecule has 1 aliphatic heterocycles. The van der Waals surface area contributed by atoms with Gasteiger partial charge in [0.05, 0.1) is 6.61 Å². The summed E-state index contributed by atoms with van der Waals surface area (Å²) in [6, 6.07) is 8.69. The van der Waals surface area contributed by atoms with Crippen molar-refractivity contribution < 1.29 is 29.9 Å². The van der Waals surface area contributed by atoms with Gasteiger partial charge in [0.25, 0.3) is 0 Å². The first-order valence-corrected chi connectivity index (χ1v) is 10.9. The van der Waals surface area contributed by atoms with Crippen LogP contribution in [0.5, 0.6) is 5.88 Å². The smallest absolute Gasteiger partial charge is 0.239 e. The molecule has 5 atom stereocenters. The van der Waals surface area contributed by atoms with Crippen molar-refractivity contribution in [2.24, 2.45) is 0 Å². The van der Waals surface area contributed by atoms with E-state index in [9.17, 15) is 20.4 Å². The van der Waals surface area contributed by atoms with Crippen LogP contribution in [0.3, 0.4) is 0 Å². The zero-order valence-electron chi connectivity index (χ0n) is 18.2. The second-order valence-electron chi connectivity index (χ2n) is 8.92. The molecule has 0 radical (unpaired) electrons. The van der Waals surface area contributed by atoms with Crippen molar-refractivity contribution >= 4 is 0 Å². The van der Waals surface area contributed by atoms with Crippen molar-refractivity contribution in [3.63, 3.8) is 0 Å². The fourth-order valence-corrected chi connectivity index (χ4v) is 4.13. The molecule has 1 saturated carbocycles. The van der Waals surface area contributed by atoms with Crippen molar-refractivity contribution in [2.75, 3.05) is 6.61 Å². The minimum Gasteiger partial charge on any atom is -0.443 e. The zero-order chi connectivity index (χ0) is 22.3. The summed E-state index contributed by atoms with van der Waals surface area (Å²) in [5.41, 5.74) is 4.30. The third-order valence-corrected chi connectivity index (χ3v) is 6.21. The van der Waals surface area contributed by atoms with Gasteiger partial charge < -0.3 is 29.9 Å². The molecule has 8 heteroatoms. The lowest BCUT2D eigenvalue weighted by Crippen LogP contribution is -2.60. The van der Waals surface area contributed by atoms with Crippen LogP contribution >= 0.6 is 0 Å². The molecule has 0 bridgehead atoms. The Morgan fingerprint density at radius 2 is 1.77 bits per heavy atom. The van der Waals surface area contributed by atoms with Crippen LogP contribution in [0, 0.1) is 6.92 Å². The summed E-state index contributed by atoms with van der Waals surface area (Å²) in [6.45, 7) is 5.50. The highest BCUT2D eigenvalue weighted by molar-refractivity contribution is 5.38. The van der Waals surface area contributed by atoms with Gasteiger partial charge in [-0.1, -0.05) is 24.3 Å². The highest BCUT2D eigenvalue weighted by Crippen LogP contribution is 2.40. The molecule has 2 heterocycles. The highest BCUT2D eigenvalue weighted by atomic mass is 16.7. The van der Waals surface area contributed by atoms with E-state index in [1.807, 2.05) is 25.5 Å². The van der Waals surface area contributed by atoms with Gasteiger partial charge in [-0.3, -0.25) is 4.68 Å². The van der Waals surface area contributed by atoms with Crippen molar-refractivity contribution in [1.29, 1.82) is 0 Å². The minimum atomic E-state index is -1.50. The van der Waals surface area contributed by atoms with Gasteiger partial charge in [0.1, 0.15) is 24.4 Å². The molecule has 2 aliphatic rings. The number of ether oxygens (including phenoxy) is 2. The lowest BCUT2D eigenvalue weighted by atomic mass is 9.99. The van der Waals surface area contributed by atoms with Gasteiger partial charge in [-0.25, -0.2) is 0 Å². The maximum atomic E-state index is 10.4. The van der Waals surface area contributed by atoms with Gasteiger partial charge >= 0.3 is 0 Å². The number of benzene rings is 1. The van der Waals surface area contributed by atoms with Crippen molar-refractivity contribution in [2.45, 2.75) is 82.7 Å². The maximum Gasteiger partial charge on any atom is 0.239 e. The molecule has 8 nitrogen and oxygen atoms in total. The average Bonchev–Trinajstić information content (AvgIpc) is 3.56. The fraction of sp³-hybridized carbons (Fsp3) is 0.609. The molecule has 2 fully saturated rings. The molecule has 1 aromatic heterocycles. The number of hydrogen-bond donors (Lipinski definition) is 4. The monoisotopic (exact) mass is 432 g/mol. The van der Waals surface area contributed by atoms with E-state index in [2.05, 4.69) is 29.4 Å². The molecule has 170 valence electrons. The van der Waals surface area contributed by atoms with Crippen LogP contribution < -0.4 is 4.74 Å². The van der Waals surface area contributed by atoms with Crippen LogP contribution in [0.4, 0.5) is 0 Å². The lowest BCUT2D eigenvalue weighted by molar-refractivity contribution is -0.278. The molecule has 1 unspecified atom stereocenters. The quantitative estimate of drug-likeness (QED) is 0.523. The number of aromatic nitrogens is 2. The Bertz CT molecular complexity index is 890. The van der Waals surface area contributed by atoms with Crippen LogP contribution in [0.25, 0.3) is 0 Å². The largest absolute Gasteiger partial charge is 0.443 e. The minimum absolute atomic E-state index is 0.100. The van der Waals surface area contributed by atoms with E-state index < -0.39 is 37.3 Å². The van der Waals surface area contributed by atoms with Crippen LogP contribution in [-0.4, -0.2) is 67.5 Å². The SMILES string of the molecule is Cc1c(Cc2ccc(C3CC3)cc2)c(OC2O[C@H](CO)[C@@H](O)[C@H](O)[C@H]2O)nn1C(C)C. The maximum absolute atomic E-state index is 10.4. The Kier molecular flexibility index (Phi) is 6.37. The fourth-order valence-electron chi connectivity index (χ4n) is 4.13. The standard InChI is InChI=1S/C23H32N2O6/c1-12(2)25-13(3)17(10-14-4-6-15(7-5-14)16-8-9-16)22(24-25)31-23-21(29)20(28)19(27)18(11-26)30-23/h4-7,12,16,18-21,23,26-29H,8-11H2,1-3H3/t18-,19-,20+,21-,23?/m1/s1. The Hall–Kier alpha value is -1.97. The number of aliphatic hydroxyl groups excluding tert-OH is 4. The van der Waals surface area contributed by atoms with Crippen molar-refractivity contribution in [3.8, 4) is 5.88 Å². The van der Waals surface area contributed by atoms with Crippen molar-refractivity contribution in [3.05, 3.63) is 46.6 Å². The summed E-state index contributed by atoms with van der Waals surface area (Å²) in [7, 11) is 0. The van der Waals surface area contributed by atoms with E-state index in [-0.39, 0.29) is 6.04 Å². The van der Waals surface area contributed by atoms with E-state index in [0.29, 0.717) is 18.2 Å². The topological polar surface area (TPSA) is 117 Å². The third-order valence-electron chi connectivity index (χ3n) is 6.21. The summed E-state index contributed by atoms with van der Waals surface area (Å²) in [5.74, 6) is 1.01. The molecule has 1 aromatic carbocycles. The van der Waals surface area contributed by atoms with E-state index in [0.717, 1.165) is 16.8 Å². The van der Waals surface area contributed by atoms with Crippen molar-refractivity contribution in [1.82, 2.24) is 9.78 Å². The Labute approximate surface area is 182 Å². The molecule has 0 amide bonds. The molecular weight excluding hydrogens is 400 g/mol. The van der Waals surface area contributed by atoms with E-state index in [1.165, 1.54) is 18.4 Å². The Morgan fingerprint density at radius 3 is 2.35 bits per heavy atom. The first-order chi connectivity index (χ1) is 14.8. The van der Waals surface area contributed by atoms with Crippen LogP contribution in [0.2, 0.25) is 0 Å². The number of rotatable bonds is 7. The Morgan fingerprint density at radius 1 is 1.10 bits per heavy atom. The summed E-state index contributed by atoms with van der Waals surface area (Å²) >= 11 is 0. The molecule has 0 spiro atoms. The number of hydrogen-bond acceptors (Lipinski definition) is 7. The summed E-state index contributed by atoms with van der Waals surface area (Å²) in [4.78, 5) is 0. The van der Waals surface area contributed by atoms with Gasteiger partial charge in [0, 0.05) is 23.7 Å².